The zero-order valence-corrected chi connectivity index (χ0v) is 14.9. The second-order valence-electron chi connectivity index (χ2n) is 5.81. The summed E-state index contributed by atoms with van der Waals surface area (Å²) in [7, 11) is -1.15. The molecule has 8 nitrogen and oxygen atoms in total. The summed E-state index contributed by atoms with van der Waals surface area (Å²) < 4.78 is 36.7. The van der Waals surface area contributed by atoms with Crippen molar-refractivity contribution in [2.24, 2.45) is 5.92 Å². The van der Waals surface area contributed by atoms with Crippen LogP contribution in [-0.2, 0) is 30.9 Å². The Morgan fingerprint density at radius 3 is 2.36 bits per heavy atom. The molecule has 0 amide bonds. The van der Waals surface area contributed by atoms with Crippen molar-refractivity contribution in [2.45, 2.75) is 24.3 Å². The fourth-order valence-electron chi connectivity index (χ4n) is 2.79. The number of hydrogen-bond acceptors (Lipinski definition) is 6. The topological polar surface area (TPSA) is 110 Å². The van der Waals surface area contributed by atoms with Crippen LogP contribution in [0.25, 0.3) is 0 Å². The first-order valence-corrected chi connectivity index (χ1v) is 9.17. The molecule has 138 valence electrons. The number of carboxylic acid groups (broad SMARTS) is 1. The molecule has 9 heteroatoms. The van der Waals surface area contributed by atoms with Crippen LogP contribution in [0, 0.1) is 5.92 Å². The summed E-state index contributed by atoms with van der Waals surface area (Å²) >= 11 is 0. The van der Waals surface area contributed by atoms with Crippen LogP contribution in [0.15, 0.2) is 23.1 Å². The van der Waals surface area contributed by atoms with E-state index in [1.54, 1.807) is 0 Å². The van der Waals surface area contributed by atoms with Gasteiger partial charge >= 0.3 is 11.9 Å². The van der Waals surface area contributed by atoms with Crippen molar-refractivity contribution in [3.05, 3.63) is 29.3 Å². The van der Waals surface area contributed by atoms with Gasteiger partial charge < -0.3 is 14.6 Å². The largest absolute Gasteiger partial charge is 0.481 e. The lowest BCUT2D eigenvalue weighted by Crippen LogP contribution is -2.40. The summed E-state index contributed by atoms with van der Waals surface area (Å²) in [4.78, 5) is 22.8. The molecule has 1 saturated heterocycles. The second kappa shape index (κ2) is 7.94. The average Bonchev–Trinajstić information content (AvgIpc) is 2.61. The second-order valence-corrected chi connectivity index (χ2v) is 7.74. The molecule has 0 saturated carbocycles. The number of rotatable bonds is 6. The number of hydrogen-bond donors (Lipinski definition) is 1. The summed E-state index contributed by atoms with van der Waals surface area (Å²) in [5, 5.41) is 9.03. The third-order valence-electron chi connectivity index (χ3n) is 4.14. The van der Waals surface area contributed by atoms with Crippen molar-refractivity contribution < 1.29 is 32.6 Å². The Hall–Kier alpha value is -1.97. The Morgan fingerprint density at radius 2 is 1.84 bits per heavy atom. The van der Waals surface area contributed by atoms with Gasteiger partial charge in [0, 0.05) is 20.2 Å². The van der Waals surface area contributed by atoms with Crippen LogP contribution in [0.3, 0.4) is 0 Å². The highest BCUT2D eigenvalue weighted by Crippen LogP contribution is 2.26. The van der Waals surface area contributed by atoms with E-state index in [9.17, 15) is 18.0 Å². The molecular weight excluding hydrogens is 350 g/mol. The van der Waals surface area contributed by atoms with Gasteiger partial charge in [-0.3, -0.25) is 4.79 Å². The molecule has 25 heavy (non-hydrogen) atoms. The van der Waals surface area contributed by atoms with Crippen molar-refractivity contribution in [2.75, 3.05) is 27.3 Å². The molecule has 1 aliphatic rings. The van der Waals surface area contributed by atoms with Crippen LogP contribution in [-0.4, -0.2) is 57.1 Å². The molecule has 0 atom stereocenters. The van der Waals surface area contributed by atoms with Gasteiger partial charge in [-0.2, -0.15) is 4.31 Å². The molecular formula is C16H21NO7S. The first kappa shape index (κ1) is 19.4. The highest BCUT2D eigenvalue weighted by Gasteiger charge is 2.32. The van der Waals surface area contributed by atoms with Gasteiger partial charge in [-0.1, -0.05) is 0 Å². The van der Waals surface area contributed by atoms with Crippen molar-refractivity contribution in [1.82, 2.24) is 4.31 Å². The van der Waals surface area contributed by atoms with Gasteiger partial charge in [-0.15, -0.1) is 0 Å². The first-order valence-electron chi connectivity index (χ1n) is 7.73. The smallest absolute Gasteiger partial charge is 0.337 e. The summed E-state index contributed by atoms with van der Waals surface area (Å²) in [6, 6.07) is 4.24. The van der Waals surface area contributed by atoms with E-state index in [-0.39, 0.29) is 43.0 Å². The van der Waals surface area contributed by atoms with Crippen molar-refractivity contribution in [1.29, 1.82) is 0 Å². The highest BCUT2D eigenvalue weighted by atomic mass is 32.2. The number of carboxylic acids is 1. The van der Waals surface area contributed by atoms with Gasteiger partial charge in [0.15, 0.2) is 0 Å². The number of methoxy groups -OCH3 is 2. The number of carbonyl (C=O) groups is 2. The van der Waals surface area contributed by atoms with Crippen LogP contribution < -0.4 is 0 Å². The molecule has 1 fully saturated rings. The molecule has 1 heterocycles. The van der Waals surface area contributed by atoms with Crippen LogP contribution in [0.2, 0.25) is 0 Å². The third kappa shape index (κ3) is 4.36. The maximum atomic E-state index is 12.9. The maximum absolute atomic E-state index is 12.9. The molecule has 0 bridgehead atoms. The maximum Gasteiger partial charge on any atom is 0.337 e. The van der Waals surface area contributed by atoms with Gasteiger partial charge in [0.25, 0.3) is 0 Å². The van der Waals surface area contributed by atoms with Crippen molar-refractivity contribution in [3.63, 3.8) is 0 Å². The standard InChI is InChI=1S/C16H21NO7S/c1-23-10-11-7-13(16(20)24-2)9-14(8-11)25(21,22)17-5-3-12(4-6-17)15(18)19/h7-9,12H,3-6,10H2,1-2H3,(H,18,19). The minimum Gasteiger partial charge on any atom is -0.481 e. The van der Waals surface area contributed by atoms with Gasteiger partial charge in [-0.25, -0.2) is 13.2 Å². The van der Waals surface area contributed by atoms with E-state index in [1.807, 2.05) is 0 Å². The molecule has 0 spiro atoms. The van der Waals surface area contributed by atoms with E-state index < -0.39 is 27.9 Å². The Labute approximate surface area is 146 Å². The van der Waals surface area contributed by atoms with E-state index in [0.29, 0.717) is 5.56 Å². The summed E-state index contributed by atoms with van der Waals surface area (Å²) in [6.45, 7) is 0.400. The number of esters is 1. The first-order chi connectivity index (χ1) is 11.8. The van der Waals surface area contributed by atoms with Crippen LogP contribution >= 0.6 is 0 Å². The fourth-order valence-corrected chi connectivity index (χ4v) is 4.35. The lowest BCUT2D eigenvalue weighted by molar-refractivity contribution is -0.142. The lowest BCUT2D eigenvalue weighted by atomic mass is 9.99. The van der Waals surface area contributed by atoms with E-state index in [0.717, 1.165) is 0 Å². The summed E-state index contributed by atoms with van der Waals surface area (Å²) in [5.41, 5.74) is 0.653. The van der Waals surface area contributed by atoms with Crippen molar-refractivity contribution in [3.8, 4) is 0 Å². The monoisotopic (exact) mass is 371 g/mol. The molecule has 0 aromatic heterocycles. The molecule has 0 aliphatic carbocycles. The Balaban J connectivity index is 2.33. The van der Waals surface area contributed by atoms with E-state index in [2.05, 4.69) is 4.74 Å². The minimum atomic E-state index is -3.84. The Bertz CT molecular complexity index is 752. The number of carbonyl (C=O) groups excluding carboxylic acids is 1. The normalized spacial score (nSPS) is 16.6. The predicted molar refractivity (Wildman–Crippen MR) is 87.6 cm³/mol. The number of benzene rings is 1. The number of nitrogens with zero attached hydrogens (tertiary/aromatic N) is 1. The Morgan fingerprint density at radius 1 is 1.20 bits per heavy atom. The zero-order valence-electron chi connectivity index (χ0n) is 14.1. The SMILES string of the molecule is COCc1cc(C(=O)OC)cc(S(=O)(=O)N2CCC(C(=O)O)CC2)c1. The molecule has 1 aliphatic heterocycles. The van der Waals surface area contributed by atoms with E-state index in [1.165, 1.54) is 36.7 Å². The molecule has 0 radical (unpaired) electrons. The van der Waals surface area contributed by atoms with Gasteiger partial charge in [-0.05, 0) is 36.6 Å². The predicted octanol–water partition coefficient (Wildman–Crippen LogP) is 1.10. The number of ether oxygens (including phenoxy) is 2. The van der Waals surface area contributed by atoms with Crippen LogP contribution in [0.4, 0.5) is 0 Å². The third-order valence-corrected chi connectivity index (χ3v) is 6.02. The number of piperidine rings is 1. The quantitative estimate of drug-likeness (QED) is 0.746. The van der Waals surface area contributed by atoms with Gasteiger partial charge in [0.2, 0.25) is 10.0 Å². The summed E-state index contributed by atoms with van der Waals surface area (Å²) in [6.07, 6.45) is 0.520. The highest BCUT2D eigenvalue weighted by molar-refractivity contribution is 7.89. The number of aliphatic carboxylic acids is 1. The van der Waals surface area contributed by atoms with E-state index >= 15 is 0 Å². The van der Waals surface area contributed by atoms with Crippen molar-refractivity contribution >= 4 is 22.0 Å². The molecule has 2 rings (SSSR count). The Kier molecular flexibility index (Phi) is 6.15. The van der Waals surface area contributed by atoms with Crippen LogP contribution in [0.1, 0.15) is 28.8 Å². The minimum absolute atomic E-state index is 0.0313. The van der Waals surface area contributed by atoms with Gasteiger partial charge in [0.1, 0.15) is 0 Å². The molecule has 1 N–H and O–H groups in total. The van der Waals surface area contributed by atoms with E-state index in [4.69, 9.17) is 9.84 Å². The zero-order chi connectivity index (χ0) is 18.6. The van der Waals surface area contributed by atoms with Gasteiger partial charge in [0.05, 0.1) is 30.1 Å². The fraction of sp³-hybridized carbons (Fsp3) is 0.500. The number of sulfonamides is 1. The molecule has 0 unspecified atom stereocenters. The summed E-state index contributed by atoms with van der Waals surface area (Å²) in [5.74, 6) is -2.08. The lowest BCUT2D eigenvalue weighted by Gasteiger charge is -2.29. The average molecular weight is 371 g/mol. The molecule has 1 aromatic carbocycles. The van der Waals surface area contributed by atoms with Crippen LogP contribution in [0.5, 0.6) is 0 Å². The molecule has 1 aromatic rings.